The average molecular weight is 146 g/mol. The first kappa shape index (κ1) is 7.38. The Morgan fingerprint density at radius 2 is 2.45 bits per heavy atom. The number of hydrogen-bond acceptors (Lipinski definition) is 3. The number of aromatic nitrogens is 1. The van der Waals surface area contributed by atoms with Gasteiger partial charge in [-0.15, -0.1) is 0 Å². The molecule has 0 spiro atoms. The van der Waals surface area contributed by atoms with Crippen LogP contribution < -0.4 is 0 Å². The first-order chi connectivity index (χ1) is 5.34. The highest BCUT2D eigenvalue weighted by Crippen LogP contribution is 1.94. The number of rotatable bonds is 2. The van der Waals surface area contributed by atoms with Crippen LogP contribution in [0.15, 0.2) is 30.5 Å². The van der Waals surface area contributed by atoms with Crippen molar-refractivity contribution in [3.8, 4) is 0 Å². The highest BCUT2D eigenvalue weighted by atomic mass is 16.1. The molecule has 0 saturated heterocycles. The van der Waals surface area contributed by atoms with Gasteiger partial charge in [-0.05, 0) is 18.0 Å². The summed E-state index contributed by atoms with van der Waals surface area (Å²) in [6.45, 7) is 0. The Balaban J connectivity index is 2.94. The number of pyridine rings is 1. The molecule has 1 N–H and O–H groups in total. The van der Waals surface area contributed by atoms with Gasteiger partial charge in [-0.25, -0.2) is 0 Å². The summed E-state index contributed by atoms with van der Waals surface area (Å²) in [5, 5.41) is 6.53. The molecular formula is C8H6N2O. The molecule has 0 fully saturated rings. The summed E-state index contributed by atoms with van der Waals surface area (Å²) in [7, 11) is 0. The molecule has 0 aliphatic heterocycles. The van der Waals surface area contributed by atoms with Crippen LogP contribution in [0.1, 0.15) is 10.5 Å². The Kier molecular flexibility index (Phi) is 2.31. The number of hydrogen-bond donors (Lipinski definition) is 1. The Hall–Kier alpha value is -1.73. The largest absolute Gasteiger partial charge is 0.287 e. The summed E-state index contributed by atoms with van der Waals surface area (Å²) in [6.07, 6.45) is 2.58. The van der Waals surface area contributed by atoms with Gasteiger partial charge in [0.15, 0.2) is 0 Å². The van der Waals surface area contributed by atoms with E-state index in [-0.39, 0.29) is 5.78 Å². The molecule has 3 heteroatoms. The molecule has 0 aliphatic carbocycles. The summed E-state index contributed by atoms with van der Waals surface area (Å²) >= 11 is 0. The van der Waals surface area contributed by atoms with Gasteiger partial charge in [-0.3, -0.25) is 15.2 Å². The Morgan fingerprint density at radius 1 is 1.64 bits per heavy atom. The number of allylic oxidation sites excluding steroid dienone is 1. The first-order valence-electron chi connectivity index (χ1n) is 3.05. The molecule has 1 aromatic heterocycles. The third-order valence-electron chi connectivity index (χ3n) is 1.12. The zero-order valence-corrected chi connectivity index (χ0v) is 5.74. The molecule has 0 amide bonds. The van der Waals surface area contributed by atoms with Crippen LogP contribution in [-0.4, -0.2) is 16.6 Å². The van der Waals surface area contributed by atoms with Crippen molar-refractivity contribution < 1.29 is 4.79 Å². The molecule has 1 rings (SSSR count). The van der Waals surface area contributed by atoms with Gasteiger partial charge in [-0.1, -0.05) is 6.07 Å². The number of ketones is 1. The lowest BCUT2D eigenvalue weighted by atomic mass is 10.2. The van der Waals surface area contributed by atoms with Gasteiger partial charge in [0, 0.05) is 12.3 Å². The van der Waals surface area contributed by atoms with Crippen molar-refractivity contribution in [1.29, 1.82) is 5.41 Å². The number of nitrogens with one attached hydrogen (secondary N) is 1. The van der Waals surface area contributed by atoms with Crippen molar-refractivity contribution in [2.75, 3.05) is 0 Å². The van der Waals surface area contributed by atoms with Crippen molar-refractivity contribution in [3.63, 3.8) is 0 Å². The van der Waals surface area contributed by atoms with Gasteiger partial charge < -0.3 is 0 Å². The smallest absolute Gasteiger partial charge is 0.213 e. The fraction of sp³-hybridized carbons (Fsp3) is 0. The number of carbonyl (C=O) groups is 1. The third kappa shape index (κ3) is 1.85. The van der Waals surface area contributed by atoms with E-state index in [4.69, 9.17) is 5.41 Å². The minimum Gasteiger partial charge on any atom is -0.287 e. The lowest BCUT2D eigenvalue weighted by Gasteiger charge is -1.89. The standard InChI is InChI=1S/C8H6N2O/c9-5-4-8(11)7-3-1-2-6-10-7/h1-4,6,9H. The highest BCUT2D eigenvalue weighted by molar-refractivity contribution is 6.07. The molecule has 0 aliphatic rings. The maximum Gasteiger partial charge on any atom is 0.213 e. The normalized spacial score (nSPS) is 8.36. The van der Waals surface area contributed by atoms with E-state index < -0.39 is 0 Å². The van der Waals surface area contributed by atoms with Crippen LogP contribution in [0.4, 0.5) is 0 Å². The molecule has 3 nitrogen and oxygen atoms in total. The van der Waals surface area contributed by atoms with E-state index in [2.05, 4.69) is 4.98 Å². The molecule has 0 unspecified atom stereocenters. The highest BCUT2D eigenvalue weighted by Gasteiger charge is 1.99. The lowest BCUT2D eigenvalue weighted by Crippen LogP contribution is -1.96. The van der Waals surface area contributed by atoms with E-state index in [1.807, 2.05) is 5.87 Å². The van der Waals surface area contributed by atoms with E-state index in [0.29, 0.717) is 5.69 Å². The molecular weight excluding hydrogens is 140 g/mol. The average Bonchev–Trinajstić information content (AvgIpc) is 2.07. The van der Waals surface area contributed by atoms with Crippen LogP contribution in [0.2, 0.25) is 0 Å². The van der Waals surface area contributed by atoms with Crippen LogP contribution in [0.25, 0.3) is 0 Å². The molecule has 54 valence electrons. The Labute approximate surface area is 63.9 Å². The summed E-state index contributed by atoms with van der Waals surface area (Å²) < 4.78 is 0. The maximum absolute atomic E-state index is 10.9. The fourth-order valence-corrected chi connectivity index (χ4v) is 0.648. The lowest BCUT2D eigenvalue weighted by molar-refractivity contribution is 0.104. The summed E-state index contributed by atoms with van der Waals surface area (Å²) in [5.74, 6) is 1.61. The van der Waals surface area contributed by atoms with Gasteiger partial charge in [-0.2, -0.15) is 0 Å². The SMILES string of the molecule is N=C=CC(=O)c1ccccn1. The van der Waals surface area contributed by atoms with Crippen LogP contribution in [0.3, 0.4) is 0 Å². The van der Waals surface area contributed by atoms with E-state index in [1.54, 1.807) is 18.2 Å². The Morgan fingerprint density at radius 3 is 3.00 bits per heavy atom. The monoisotopic (exact) mass is 146 g/mol. The van der Waals surface area contributed by atoms with Gasteiger partial charge in [0.25, 0.3) is 0 Å². The maximum atomic E-state index is 10.9. The molecule has 0 atom stereocenters. The Bertz CT molecular complexity index is 299. The van der Waals surface area contributed by atoms with Crippen molar-refractivity contribution in [2.45, 2.75) is 0 Å². The molecule has 1 aromatic rings. The van der Waals surface area contributed by atoms with Crippen LogP contribution in [-0.2, 0) is 0 Å². The zero-order chi connectivity index (χ0) is 8.10. The van der Waals surface area contributed by atoms with Crippen LogP contribution in [0.5, 0.6) is 0 Å². The van der Waals surface area contributed by atoms with Gasteiger partial charge in [0.2, 0.25) is 5.78 Å². The van der Waals surface area contributed by atoms with Crippen molar-refractivity contribution >= 4 is 11.7 Å². The second-order valence-corrected chi connectivity index (χ2v) is 1.87. The quantitative estimate of drug-likeness (QED) is 0.385. The molecule has 11 heavy (non-hydrogen) atoms. The number of carbonyl (C=O) groups excluding carboxylic acids is 1. The van der Waals surface area contributed by atoms with Crippen LogP contribution in [0, 0.1) is 5.41 Å². The van der Waals surface area contributed by atoms with Crippen molar-refractivity contribution in [3.05, 3.63) is 36.2 Å². The molecule has 0 radical (unpaired) electrons. The molecule has 1 heterocycles. The summed E-state index contributed by atoms with van der Waals surface area (Å²) in [4.78, 5) is 14.7. The zero-order valence-electron chi connectivity index (χ0n) is 5.74. The molecule has 0 bridgehead atoms. The summed E-state index contributed by atoms with van der Waals surface area (Å²) in [6, 6.07) is 5.04. The van der Waals surface area contributed by atoms with Crippen LogP contribution >= 0.6 is 0 Å². The minimum atomic E-state index is -0.291. The predicted molar refractivity (Wildman–Crippen MR) is 40.9 cm³/mol. The van der Waals surface area contributed by atoms with Gasteiger partial charge >= 0.3 is 0 Å². The van der Waals surface area contributed by atoms with E-state index >= 15 is 0 Å². The van der Waals surface area contributed by atoms with Crippen molar-refractivity contribution in [2.24, 2.45) is 0 Å². The van der Waals surface area contributed by atoms with Gasteiger partial charge in [0.1, 0.15) is 5.69 Å². The molecule has 0 aromatic carbocycles. The first-order valence-corrected chi connectivity index (χ1v) is 3.05. The second kappa shape index (κ2) is 3.44. The topological polar surface area (TPSA) is 53.8 Å². The minimum absolute atomic E-state index is 0.291. The fourth-order valence-electron chi connectivity index (χ4n) is 0.648. The predicted octanol–water partition coefficient (Wildman–Crippen LogP) is 1.07. The second-order valence-electron chi connectivity index (χ2n) is 1.87. The van der Waals surface area contributed by atoms with E-state index in [0.717, 1.165) is 6.08 Å². The number of nitrogens with zero attached hydrogens (tertiary/aromatic N) is 1. The molecule has 0 saturated carbocycles. The summed E-state index contributed by atoms with van der Waals surface area (Å²) in [5.41, 5.74) is 0.340. The van der Waals surface area contributed by atoms with E-state index in [9.17, 15) is 4.79 Å². The van der Waals surface area contributed by atoms with Crippen molar-refractivity contribution in [1.82, 2.24) is 4.98 Å². The van der Waals surface area contributed by atoms with Gasteiger partial charge in [0.05, 0.1) is 0 Å². The third-order valence-corrected chi connectivity index (χ3v) is 1.12. The van der Waals surface area contributed by atoms with E-state index in [1.165, 1.54) is 6.20 Å².